The number of hydrogen-bond acceptors (Lipinski definition) is 10. The Balaban J connectivity index is 2.21. The number of ether oxygens (including phenoxy) is 5. The van der Waals surface area contributed by atoms with Gasteiger partial charge < -0.3 is 33.2 Å². The summed E-state index contributed by atoms with van der Waals surface area (Å²) >= 11 is 0. The van der Waals surface area contributed by atoms with Gasteiger partial charge in [0.1, 0.15) is 39.5 Å². The fourth-order valence-electron chi connectivity index (χ4n) is 4.35. The van der Waals surface area contributed by atoms with Gasteiger partial charge in [-0.3, -0.25) is 4.79 Å². The smallest absolute Gasteiger partial charge is 0.344 e. The van der Waals surface area contributed by atoms with E-state index in [0.29, 0.717) is 24.0 Å². The molecule has 1 N–H and O–H groups in total. The van der Waals surface area contributed by atoms with Crippen LogP contribution >= 0.6 is 0 Å². The third kappa shape index (κ3) is 7.92. The van der Waals surface area contributed by atoms with Crippen molar-refractivity contribution in [3.05, 3.63) is 89.1 Å². The Bertz CT molecular complexity index is 1550. The van der Waals surface area contributed by atoms with Crippen molar-refractivity contribution >= 4 is 22.9 Å². The maximum atomic E-state index is 13.5. The van der Waals surface area contributed by atoms with E-state index in [4.69, 9.17) is 28.1 Å². The second-order valence-corrected chi connectivity index (χ2v) is 9.22. The van der Waals surface area contributed by atoms with Crippen molar-refractivity contribution in [3.8, 4) is 28.6 Å². The first-order chi connectivity index (χ1) is 20.8. The van der Waals surface area contributed by atoms with Gasteiger partial charge in [0.15, 0.2) is 18.8 Å². The van der Waals surface area contributed by atoms with E-state index in [1.54, 1.807) is 31.2 Å². The Morgan fingerprint density at radius 1 is 1.00 bits per heavy atom. The average molecular weight is 593 g/mol. The molecule has 43 heavy (non-hydrogen) atoms. The molecule has 0 amide bonds. The number of aromatic hydroxyl groups is 1. The minimum atomic E-state index is -0.631. The van der Waals surface area contributed by atoms with E-state index in [1.165, 1.54) is 25.3 Å². The molecule has 3 aromatic rings. The van der Waals surface area contributed by atoms with E-state index >= 15 is 0 Å². The lowest BCUT2D eigenvalue weighted by atomic mass is 9.97. The standard InChI is InChI=1S/C33H36O10/c1-6-10-11-16-40-33(37)24-17-21(14-15-26(24)42-20-38-5)27-18-25(34)29-30(36)22(12-7-2)31(41-19-28(35)39-9-4)23(13-8-3)32(29)43-27/h6-8,14-15,17-18,36H,1-3,9-13,16,19-20H2,4-5H3. The maximum absolute atomic E-state index is 13.5. The minimum Gasteiger partial charge on any atom is -0.507 e. The first-order valence-electron chi connectivity index (χ1n) is 13.7. The Kier molecular flexibility index (Phi) is 12.1. The number of carbonyl (C=O) groups is 2. The first-order valence-corrected chi connectivity index (χ1v) is 13.7. The van der Waals surface area contributed by atoms with Crippen molar-refractivity contribution in [1.82, 2.24) is 0 Å². The zero-order chi connectivity index (χ0) is 31.4. The number of allylic oxidation sites excluding steroid dienone is 3. The summed E-state index contributed by atoms with van der Waals surface area (Å²) in [5.74, 6) is -1.11. The van der Waals surface area contributed by atoms with E-state index in [-0.39, 0.29) is 78.0 Å². The van der Waals surface area contributed by atoms with Gasteiger partial charge >= 0.3 is 11.9 Å². The number of rotatable bonds is 17. The highest BCUT2D eigenvalue weighted by atomic mass is 16.7. The minimum absolute atomic E-state index is 0.0415. The molecule has 0 spiro atoms. The zero-order valence-corrected chi connectivity index (χ0v) is 24.4. The number of benzene rings is 2. The fraction of sp³-hybridized carbons (Fsp3) is 0.303. The third-order valence-corrected chi connectivity index (χ3v) is 6.23. The number of esters is 2. The molecule has 0 fully saturated rings. The van der Waals surface area contributed by atoms with Gasteiger partial charge in [-0.2, -0.15) is 0 Å². The molecular formula is C33H36O10. The van der Waals surface area contributed by atoms with Crippen molar-refractivity contribution in [2.24, 2.45) is 0 Å². The van der Waals surface area contributed by atoms with Gasteiger partial charge in [0.05, 0.1) is 13.2 Å². The monoisotopic (exact) mass is 592 g/mol. The first kappa shape index (κ1) is 32.7. The molecule has 0 saturated carbocycles. The van der Waals surface area contributed by atoms with Crippen LogP contribution in [-0.2, 0) is 31.8 Å². The number of fused-ring (bicyclic) bond motifs is 1. The number of phenolic OH excluding ortho intramolecular Hbond substituents is 1. The van der Waals surface area contributed by atoms with Gasteiger partial charge in [-0.1, -0.05) is 18.2 Å². The molecule has 0 aliphatic rings. The van der Waals surface area contributed by atoms with Crippen LogP contribution in [0.15, 0.2) is 71.4 Å². The molecule has 0 radical (unpaired) electrons. The third-order valence-electron chi connectivity index (χ3n) is 6.23. The molecule has 0 saturated heterocycles. The lowest BCUT2D eigenvalue weighted by molar-refractivity contribution is -0.145. The normalized spacial score (nSPS) is 10.7. The van der Waals surface area contributed by atoms with E-state index in [2.05, 4.69) is 19.7 Å². The SMILES string of the molecule is C=CCCCOC(=O)c1cc(-c2cc(=O)c3c(O)c(CC=C)c(OCC(=O)OCC)c(CC=C)c3o2)ccc1OCOC. The maximum Gasteiger partial charge on any atom is 0.344 e. The van der Waals surface area contributed by atoms with Crippen LogP contribution in [-0.4, -0.2) is 50.8 Å². The molecule has 228 valence electrons. The van der Waals surface area contributed by atoms with Gasteiger partial charge in [0.25, 0.3) is 0 Å². The molecular weight excluding hydrogens is 556 g/mol. The highest BCUT2D eigenvalue weighted by molar-refractivity contribution is 5.95. The van der Waals surface area contributed by atoms with Gasteiger partial charge in [0, 0.05) is 29.9 Å². The number of hydrogen-bond donors (Lipinski definition) is 1. The van der Waals surface area contributed by atoms with Crippen molar-refractivity contribution in [3.63, 3.8) is 0 Å². The summed E-state index contributed by atoms with van der Waals surface area (Å²) in [6.07, 6.45) is 6.46. The largest absolute Gasteiger partial charge is 0.507 e. The lowest BCUT2D eigenvalue weighted by Gasteiger charge is -2.18. The number of carbonyl (C=O) groups excluding carboxylic acids is 2. The van der Waals surface area contributed by atoms with Crippen molar-refractivity contribution in [2.45, 2.75) is 32.6 Å². The van der Waals surface area contributed by atoms with Gasteiger partial charge in [-0.25, -0.2) is 9.59 Å². The van der Waals surface area contributed by atoms with Crippen molar-refractivity contribution in [1.29, 1.82) is 0 Å². The summed E-state index contributed by atoms with van der Waals surface area (Å²) in [5, 5.41) is 11.1. The number of unbranched alkanes of at least 4 members (excludes halogenated alkanes) is 1. The summed E-state index contributed by atoms with van der Waals surface area (Å²) in [5.41, 5.74) is 0.643. The predicted octanol–water partition coefficient (Wildman–Crippen LogP) is 5.67. The average Bonchev–Trinajstić information content (AvgIpc) is 2.99. The van der Waals surface area contributed by atoms with Crippen molar-refractivity contribution in [2.75, 3.05) is 33.7 Å². The number of methoxy groups -OCH3 is 1. The molecule has 1 heterocycles. The fourth-order valence-corrected chi connectivity index (χ4v) is 4.35. The van der Waals surface area contributed by atoms with Gasteiger partial charge in [0.2, 0.25) is 0 Å². The quantitative estimate of drug-likeness (QED) is 0.0905. The Hall–Kier alpha value is -4.83. The van der Waals surface area contributed by atoms with Crippen LogP contribution in [0.1, 0.15) is 41.3 Å². The van der Waals surface area contributed by atoms with E-state index < -0.39 is 24.0 Å². The van der Waals surface area contributed by atoms with Crippen LogP contribution in [0.25, 0.3) is 22.3 Å². The molecule has 3 rings (SSSR count). The highest BCUT2D eigenvalue weighted by Gasteiger charge is 2.25. The zero-order valence-electron chi connectivity index (χ0n) is 24.4. The summed E-state index contributed by atoms with van der Waals surface area (Å²) in [6.45, 7) is 12.7. The van der Waals surface area contributed by atoms with Gasteiger partial charge in [-0.05, 0) is 50.8 Å². The topological polar surface area (TPSA) is 131 Å². The van der Waals surface area contributed by atoms with E-state index in [0.717, 1.165) is 0 Å². The highest BCUT2D eigenvalue weighted by Crippen LogP contribution is 2.41. The van der Waals surface area contributed by atoms with E-state index in [9.17, 15) is 19.5 Å². The Labute approximate surface area is 249 Å². The molecule has 10 heteroatoms. The molecule has 0 atom stereocenters. The van der Waals surface area contributed by atoms with Crippen LogP contribution in [0.4, 0.5) is 0 Å². The number of phenols is 1. The molecule has 0 bridgehead atoms. The molecule has 10 nitrogen and oxygen atoms in total. The van der Waals surface area contributed by atoms with Crippen LogP contribution in [0.3, 0.4) is 0 Å². The Morgan fingerprint density at radius 3 is 2.42 bits per heavy atom. The summed E-state index contributed by atoms with van der Waals surface area (Å²) in [7, 11) is 1.45. The molecule has 1 aromatic heterocycles. The van der Waals surface area contributed by atoms with Gasteiger partial charge in [-0.15, -0.1) is 19.7 Å². The van der Waals surface area contributed by atoms with Crippen LogP contribution < -0.4 is 14.9 Å². The molecule has 0 aliphatic heterocycles. The van der Waals surface area contributed by atoms with Crippen LogP contribution in [0.2, 0.25) is 0 Å². The summed E-state index contributed by atoms with van der Waals surface area (Å²) in [4.78, 5) is 38.6. The van der Waals surface area contributed by atoms with E-state index in [1.807, 2.05) is 0 Å². The second-order valence-electron chi connectivity index (χ2n) is 9.22. The lowest BCUT2D eigenvalue weighted by Crippen LogP contribution is -2.17. The molecule has 0 aliphatic carbocycles. The van der Waals surface area contributed by atoms with Crippen LogP contribution in [0.5, 0.6) is 17.2 Å². The molecule has 0 unspecified atom stereocenters. The van der Waals surface area contributed by atoms with Crippen LogP contribution in [0, 0.1) is 0 Å². The summed E-state index contributed by atoms with van der Waals surface area (Å²) < 4.78 is 33.0. The predicted molar refractivity (Wildman–Crippen MR) is 162 cm³/mol. The summed E-state index contributed by atoms with van der Waals surface area (Å²) in [6, 6.07) is 5.87. The molecule has 2 aromatic carbocycles. The van der Waals surface area contributed by atoms with Crippen molar-refractivity contribution < 1.29 is 42.8 Å². The Morgan fingerprint density at radius 2 is 1.74 bits per heavy atom. The second kappa shape index (κ2) is 16.0.